The summed E-state index contributed by atoms with van der Waals surface area (Å²) in [5.41, 5.74) is 2.25. The number of hydrogen-bond acceptors (Lipinski definition) is 4. The van der Waals surface area contributed by atoms with Gasteiger partial charge in [-0.25, -0.2) is 4.39 Å². The topological polar surface area (TPSA) is 46.3 Å². The molecule has 1 aliphatic heterocycles. The van der Waals surface area contributed by atoms with Crippen LogP contribution in [0.1, 0.15) is 48.2 Å². The van der Waals surface area contributed by atoms with Crippen molar-refractivity contribution in [2.75, 3.05) is 13.1 Å². The van der Waals surface area contributed by atoms with Gasteiger partial charge in [0.1, 0.15) is 5.82 Å². The fourth-order valence-electron chi connectivity index (χ4n) is 4.13. The molecule has 0 radical (unpaired) electrons. The van der Waals surface area contributed by atoms with Gasteiger partial charge in [0.05, 0.1) is 11.7 Å². The zero-order valence-electron chi connectivity index (χ0n) is 16.1. The molecule has 7 heteroatoms. The molecule has 0 N–H and O–H groups in total. The van der Waals surface area contributed by atoms with Crippen LogP contribution in [-0.2, 0) is 0 Å². The number of Topliss-reactive ketones (excluding diaryl/α,β-unsaturated/α-hetero) is 1. The first-order valence-corrected chi connectivity index (χ1v) is 10.0. The molecule has 3 aromatic rings. The molecule has 0 spiro atoms. The van der Waals surface area contributed by atoms with Gasteiger partial charge in [0, 0.05) is 28.0 Å². The highest BCUT2D eigenvalue weighted by atomic mass is 35.5. The molecular formula is C22H23Cl2FN2O2. The van der Waals surface area contributed by atoms with Crippen molar-refractivity contribution in [2.45, 2.75) is 38.1 Å². The number of rotatable bonds is 5. The van der Waals surface area contributed by atoms with Gasteiger partial charge in [0.15, 0.2) is 11.4 Å². The lowest BCUT2D eigenvalue weighted by Crippen LogP contribution is -2.45. The second-order valence-electron chi connectivity index (χ2n) is 7.31. The summed E-state index contributed by atoms with van der Waals surface area (Å²) in [5.74, 6) is 0.0334. The summed E-state index contributed by atoms with van der Waals surface area (Å²) in [6.07, 6.45) is 2.56. The minimum absolute atomic E-state index is 0. The Morgan fingerprint density at radius 2 is 1.93 bits per heavy atom. The zero-order chi connectivity index (χ0) is 19.7. The van der Waals surface area contributed by atoms with Crippen molar-refractivity contribution < 1.29 is 13.7 Å². The van der Waals surface area contributed by atoms with Gasteiger partial charge in [0.25, 0.3) is 0 Å². The normalized spacial score (nSPS) is 16.5. The summed E-state index contributed by atoms with van der Waals surface area (Å²) in [4.78, 5) is 15.1. The summed E-state index contributed by atoms with van der Waals surface area (Å²) in [5, 5.41) is 5.93. The third kappa shape index (κ3) is 4.47. The fraction of sp³-hybridized carbons (Fsp3) is 0.364. The van der Waals surface area contributed by atoms with E-state index in [2.05, 4.69) is 10.1 Å². The first-order valence-electron chi connectivity index (χ1n) is 9.65. The Balaban J connectivity index is 0.00000240. The van der Waals surface area contributed by atoms with Gasteiger partial charge in [-0.2, -0.15) is 0 Å². The largest absolute Gasteiger partial charge is 0.356 e. The summed E-state index contributed by atoms with van der Waals surface area (Å²) in [7, 11) is 0. The molecule has 4 rings (SSSR count). The Labute approximate surface area is 180 Å². The average Bonchev–Trinajstić information content (AvgIpc) is 3.12. The third-order valence-electron chi connectivity index (χ3n) is 5.64. The number of aromatic nitrogens is 1. The van der Waals surface area contributed by atoms with Crippen molar-refractivity contribution in [1.29, 1.82) is 0 Å². The predicted molar refractivity (Wildman–Crippen MR) is 115 cm³/mol. The Bertz CT molecular complexity index is 982. The van der Waals surface area contributed by atoms with E-state index in [0.29, 0.717) is 22.1 Å². The highest BCUT2D eigenvalue weighted by molar-refractivity contribution is 6.31. The molecule has 2 aromatic carbocycles. The Hall–Kier alpha value is -1.95. The molecule has 29 heavy (non-hydrogen) atoms. The van der Waals surface area contributed by atoms with Crippen LogP contribution >= 0.6 is 24.0 Å². The van der Waals surface area contributed by atoms with Gasteiger partial charge < -0.3 is 4.52 Å². The minimum Gasteiger partial charge on any atom is -0.356 e. The lowest BCUT2D eigenvalue weighted by atomic mass is 9.89. The van der Waals surface area contributed by atoms with E-state index in [9.17, 15) is 9.18 Å². The molecule has 2 heterocycles. The maximum atomic E-state index is 13.2. The summed E-state index contributed by atoms with van der Waals surface area (Å²) in [6, 6.07) is 11.2. The third-order valence-corrected chi connectivity index (χ3v) is 5.87. The number of carbonyl (C=O) groups excluding carboxylic acids is 1. The first-order chi connectivity index (χ1) is 13.6. The van der Waals surface area contributed by atoms with Gasteiger partial charge in [-0.3, -0.25) is 9.69 Å². The number of nitrogens with zero attached hydrogens (tertiary/aromatic N) is 2. The van der Waals surface area contributed by atoms with Crippen molar-refractivity contribution in [1.82, 2.24) is 10.1 Å². The number of carbonyl (C=O) groups is 1. The SMILES string of the molecule is CCC(C(=O)c1ccc(F)cc1)N1CCC(c2noc3cc(Cl)ccc23)CC1.Cl. The van der Waals surface area contributed by atoms with Crippen molar-refractivity contribution >= 4 is 40.8 Å². The van der Waals surface area contributed by atoms with Gasteiger partial charge >= 0.3 is 0 Å². The predicted octanol–water partition coefficient (Wildman–Crippen LogP) is 5.88. The van der Waals surface area contributed by atoms with E-state index >= 15 is 0 Å². The molecule has 0 saturated carbocycles. The number of piperidine rings is 1. The van der Waals surface area contributed by atoms with Gasteiger partial charge in [0.2, 0.25) is 0 Å². The highest BCUT2D eigenvalue weighted by Crippen LogP contribution is 2.34. The molecular weight excluding hydrogens is 414 g/mol. The second kappa shape index (κ2) is 9.24. The van der Waals surface area contributed by atoms with E-state index in [4.69, 9.17) is 16.1 Å². The Morgan fingerprint density at radius 3 is 2.59 bits per heavy atom. The molecule has 1 atom stereocenters. The van der Waals surface area contributed by atoms with Gasteiger partial charge in [-0.05, 0) is 68.8 Å². The molecule has 0 aliphatic carbocycles. The molecule has 1 aromatic heterocycles. The van der Waals surface area contributed by atoms with E-state index in [0.717, 1.165) is 43.4 Å². The average molecular weight is 437 g/mol. The van der Waals surface area contributed by atoms with Crippen molar-refractivity contribution in [3.05, 3.63) is 64.6 Å². The molecule has 1 saturated heterocycles. The van der Waals surface area contributed by atoms with Crippen LogP contribution in [0.15, 0.2) is 47.0 Å². The maximum absolute atomic E-state index is 13.2. The van der Waals surface area contributed by atoms with E-state index in [1.165, 1.54) is 12.1 Å². The standard InChI is InChI=1S/C22H22ClFN2O2.ClH/c1-2-19(22(27)15-3-6-17(24)7-4-15)26-11-9-14(10-12-26)21-18-8-5-16(23)13-20(18)28-25-21;/h3-8,13-14,19H,2,9-12H2,1H3;1H. The summed E-state index contributed by atoms with van der Waals surface area (Å²) in [6.45, 7) is 3.66. The number of halogens is 3. The number of ketones is 1. The Morgan fingerprint density at radius 1 is 1.24 bits per heavy atom. The maximum Gasteiger partial charge on any atom is 0.179 e. The monoisotopic (exact) mass is 436 g/mol. The van der Waals surface area contributed by atoms with Gasteiger partial charge in [-0.15, -0.1) is 12.4 Å². The van der Waals surface area contributed by atoms with Crippen LogP contribution in [-0.4, -0.2) is 35.0 Å². The molecule has 0 bridgehead atoms. The second-order valence-corrected chi connectivity index (χ2v) is 7.75. The molecule has 1 aliphatic rings. The van der Waals surface area contributed by atoms with Crippen molar-refractivity contribution in [3.8, 4) is 0 Å². The van der Waals surface area contributed by atoms with E-state index in [-0.39, 0.29) is 30.0 Å². The van der Waals surface area contributed by atoms with E-state index in [1.807, 2.05) is 19.1 Å². The number of fused-ring (bicyclic) bond motifs is 1. The molecule has 1 unspecified atom stereocenters. The summed E-state index contributed by atoms with van der Waals surface area (Å²) < 4.78 is 18.6. The summed E-state index contributed by atoms with van der Waals surface area (Å²) >= 11 is 6.03. The van der Waals surface area contributed by atoms with Crippen LogP contribution in [0.3, 0.4) is 0 Å². The van der Waals surface area contributed by atoms with Crippen LogP contribution in [0.4, 0.5) is 4.39 Å². The molecule has 4 nitrogen and oxygen atoms in total. The van der Waals surface area contributed by atoms with Gasteiger partial charge in [-0.1, -0.05) is 23.7 Å². The van der Waals surface area contributed by atoms with Crippen LogP contribution in [0.25, 0.3) is 11.0 Å². The van der Waals surface area contributed by atoms with Crippen LogP contribution in [0.2, 0.25) is 5.02 Å². The number of likely N-dealkylation sites (tertiary alicyclic amines) is 1. The van der Waals surface area contributed by atoms with Crippen LogP contribution in [0.5, 0.6) is 0 Å². The van der Waals surface area contributed by atoms with Crippen LogP contribution < -0.4 is 0 Å². The van der Waals surface area contributed by atoms with Crippen molar-refractivity contribution in [2.24, 2.45) is 0 Å². The highest BCUT2D eigenvalue weighted by Gasteiger charge is 2.31. The van der Waals surface area contributed by atoms with Crippen molar-refractivity contribution in [3.63, 3.8) is 0 Å². The fourth-order valence-corrected chi connectivity index (χ4v) is 4.29. The zero-order valence-corrected chi connectivity index (χ0v) is 17.7. The quantitative estimate of drug-likeness (QED) is 0.468. The van der Waals surface area contributed by atoms with E-state index < -0.39 is 0 Å². The number of hydrogen-bond donors (Lipinski definition) is 0. The molecule has 0 amide bonds. The smallest absolute Gasteiger partial charge is 0.179 e. The number of benzene rings is 2. The molecule has 1 fully saturated rings. The van der Waals surface area contributed by atoms with E-state index in [1.54, 1.807) is 18.2 Å². The lowest BCUT2D eigenvalue weighted by molar-refractivity contribution is 0.0761. The minimum atomic E-state index is -0.327. The first kappa shape index (κ1) is 21.8. The lowest BCUT2D eigenvalue weighted by Gasteiger charge is -2.36. The molecule has 154 valence electrons. The van der Waals surface area contributed by atoms with Crippen LogP contribution in [0, 0.1) is 5.82 Å². The Kier molecular flexibility index (Phi) is 6.93.